The SMILES string of the molecule is COc1cc(Cc2cnc(N)nc2N)cc(/C=C/C(=O)N2N=Cc3ccccc3[C@@H]2c2ccc(C)cc2)c1OC. The molecule has 1 amide bonds. The molecule has 1 atom stereocenters. The molecule has 0 radical (unpaired) electrons. The van der Waals surface area contributed by atoms with Gasteiger partial charge in [-0.05, 0) is 41.8 Å². The van der Waals surface area contributed by atoms with Gasteiger partial charge in [-0.3, -0.25) is 4.79 Å². The van der Waals surface area contributed by atoms with E-state index in [4.69, 9.17) is 20.9 Å². The number of nitrogens with two attached hydrogens (primary N) is 2. The van der Waals surface area contributed by atoms with E-state index in [0.717, 1.165) is 33.4 Å². The number of benzene rings is 3. The highest BCUT2D eigenvalue weighted by atomic mass is 16.5. The molecule has 0 saturated carbocycles. The number of fused-ring (bicyclic) bond motifs is 1. The standard InChI is InChI=1S/C31H30N6O3/c1-19-8-10-21(11-9-19)28-25-7-5-4-6-23(25)18-35-37(28)27(38)13-12-22-14-20(16-26(39-2)29(22)40-3)15-24-17-34-31(33)36-30(24)32/h4-14,16-18,28H,15H2,1-3H3,(H4,32,33,34,36)/b13-12+/t28-/m0/s1. The lowest BCUT2D eigenvalue weighted by Gasteiger charge is -2.31. The van der Waals surface area contributed by atoms with E-state index in [2.05, 4.69) is 15.1 Å². The zero-order chi connectivity index (χ0) is 28.2. The normalized spacial score (nSPS) is 14.3. The Hall–Kier alpha value is -5.18. The van der Waals surface area contributed by atoms with Crippen molar-refractivity contribution in [1.82, 2.24) is 15.0 Å². The van der Waals surface area contributed by atoms with Gasteiger partial charge in [-0.15, -0.1) is 0 Å². The molecule has 0 saturated heterocycles. The summed E-state index contributed by atoms with van der Waals surface area (Å²) in [5.74, 6) is 1.16. The quantitative estimate of drug-likeness (QED) is 0.333. The molecule has 5 rings (SSSR count). The third kappa shape index (κ3) is 5.35. The number of rotatable bonds is 7. The molecule has 202 valence electrons. The Morgan fingerprint density at radius 2 is 1.82 bits per heavy atom. The first-order valence-electron chi connectivity index (χ1n) is 12.7. The van der Waals surface area contributed by atoms with Crippen LogP contribution >= 0.6 is 0 Å². The van der Waals surface area contributed by atoms with Crippen LogP contribution in [0.4, 0.5) is 11.8 Å². The molecule has 0 aliphatic carbocycles. The predicted octanol–water partition coefficient (Wildman–Crippen LogP) is 4.54. The lowest BCUT2D eigenvalue weighted by molar-refractivity contribution is -0.127. The van der Waals surface area contributed by atoms with E-state index in [1.165, 1.54) is 11.1 Å². The Morgan fingerprint density at radius 3 is 2.55 bits per heavy atom. The number of nitrogen functional groups attached to an aromatic ring is 2. The smallest absolute Gasteiger partial charge is 0.267 e. The van der Waals surface area contributed by atoms with E-state index >= 15 is 0 Å². The number of nitrogens with zero attached hydrogens (tertiary/aromatic N) is 4. The zero-order valence-electron chi connectivity index (χ0n) is 22.5. The van der Waals surface area contributed by atoms with Crippen LogP contribution in [0.5, 0.6) is 11.5 Å². The lowest BCUT2D eigenvalue weighted by Crippen LogP contribution is -2.33. The van der Waals surface area contributed by atoms with E-state index in [1.807, 2.05) is 67.6 Å². The van der Waals surface area contributed by atoms with Gasteiger partial charge in [-0.2, -0.15) is 10.1 Å². The molecule has 0 fully saturated rings. The van der Waals surface area contributed by atoms with Crippen LogP contribution in [0.2, 0.25) is 0 Å². The molecule has 40 heavy (non-hydrogen) atoms. The third-order valence-electron chi connectivity index (χ3n) is 6.76. The Morgan fingerprint density at radius 1 is 1.05 bits per heavy atom. The highest BCUT2D eigenvalue weighted by Crippen LogP contribution is 2.36. The highest BCUT2D eigenvalue weighted by Gasteiger charge is 2.30. The monoisotopic (exact) mass is 534 g/mol. The number of amides is 1. The second-order valence-corrected chi connectivity index (χ2v) is 9.44. The molecule has 3 aromatic carbocycles. The van der Waals surface area contributed by atoms with Crippen LogP contribution in [0, 0.1) is 6.92 Å². The van der Waals surface area contributed by atoms with E-state index in [-0.39, 0.29) is 17.9 Å². The van der Waals surface area contributed by atoms with Gasteiger partial charge in [0.2, 0.25) is 5.95 Å². The van der Waals surface area contributed by atoms with Crippen molar-refractivity contribution in [2.75, 3.05) is 25.7 Å². The van der Waals surface area contributed by atoms with Crippen LogP contribution < -0.4 is 20.9 Å². The topological polar surface area (TPSA) is 129 Å². The summed E-state index contributed by atoms with van der Waals surface area (Å²) in [6.07, 6.45) is 6.95. The van der Waals surface area contributed by atoms with Gasteiger partial charge in [-0.25, -0.2) is 9.99 Å². The molecule has 9 heteroatoms. The number of hydrogen-bond acceptors (Lipinski definition) is 8. The summed E-state index contributed by atoms with van der Waals surface area (Å²) in [4.78, 5) is 21.7. The Labute approximate surface area is 232 Å². The summed E-state index contributed by atoms with van der Waals surface area (Å²) < 4.78 is 11.2. The fourth-order valence-corrected chi connectivity index (χ4v) is 4.76. The van der Waals surface area contributed by atoms with Gasteiger partial charge in [-0.1, -0.05) is 54.1 Å². The first-order valence-corrected chi connectivity index (χ1v) is 12.7. The largest absolute Gasteiger partial charge is 0.493 e. The van der Waals surface area contributed by atoms with Crippen molar-refractivity contribution in [2.45, 2.75) is 19.4 Å². The summed E-state index contributed by atoms with van der Waals surface area (Å²) in [7, 11) is 3.12. The van der Waals surface area contributed by atoms with Crippen LogP contribution in [0.1, 0.15) is 45.0 Å². The number of methoxy groups -OCH3 is 2. The van der Waals surface area contributed by atoms with Crippen molar-refractivity contribution in [3.05, 3.63) is 112 Å². The molecule has 1 aromatic heterocycles. The van der Waals surface area contributed by atoms with Crippen LogP contribution in [-0.4, -0.2) is 41.3 Å². The molecule has 9 nitrogen and oxygen atoms in total. The van der Waals surface area contributed by atoms with Gasteiger partial charge in [0.25, 0.3) is 5.91 Å². The third-order valence-corrected chi connectivity index (χ3v) is 6.76. The van der Waals surface area contributed by atoms with E-state index in [1.54, 1.807) is 32.7 Å². The van der Waals surface area contributed by atoms with Crippen LogP contribution in [-0.2, 0) is 11.2 Å². The van der Waals surface area contributed by atoms with Gasteiger partial charge < -0.3 is 20.9 Å². The molecule has 4 N–H and O–H groups in total. The van der Waals surface area contributed by atoms with Crippen molar-refractivity contribution >= 4 is 30.0 Å². The van der Waals surface area contributed by atoms with E-state index in [0.29, 0.717) is 29.3 Å². The number of aryl methyl sites for hydroxylation is 1. The number of carbonyl (C=O) groups excluding carboxylic acids is 1. The van der Waals surface area contributed by atoms with Crippen LogP contribution in [0.3, 0.4) is 0 Å². The number of carbonyl (C=O) groups is 1. The number of hydrogen-bond donors (Lipinski definition) is 2. The lowest BCUT2D eigenvalue weighted by atomic mass is 9.92. The summed E-state index contributed by atoms with van der Waals surface area (Å²) in [6.45, 7) is 2.03. The molecular formula is C31H30N6O3. The van der Waals surface area contributed by atoms with Gasteiger partial charge in [0.1, 0.15) is 11.9 Å². The molecular weight excluding hydrogens is 504 g/mol. The number of hydrazone groups is 1. The molecule has 0 spiro atoms. The first kappa shape index (κ1) is 26.4. The number of aromatic nitrogens is 2. The molecule has 1 aliphatic rings. The molecule has 2 heterocycles. The predicted molar refractivity (Wildman–Crippen MR) is 156 cm³/mol. The number of ether oxygens (including phenoxy) is 2. The maximum Gasteiger partial charge on any atom is 0.267 e. The summed E-state index contributed by atoms with van der Waals surface area (Å²) in [5.41, 5.74) is 18.0. The summed E-state index contributed by atoms with van der Waals surface area (Å²) in [5, 5.41) is 6.05. The fourth-order valence-electron chi connectivity index (χ4n) is 4.76. The van der Waals surface area contributed by atoms with Gasteiger partial charge in [0, 0.05) is 35.4 Å². The van der Waals surface area contributed by atoms with Crippen LogP contribution in [0.25, 0.3) is 6.08 Å². The average molecular weight is 535 g/mol. The maximum absolute atomic E-state index is 13.6. The minimum Gasteiger partial charge on any atom is -0.493 e. The van der Waals surface area contributed by atoms with Crippen LogP contribution in [0.15, 0.2) is 78.0 Å². The average Bonchev–Trinajstić information content (AvgIpc) is 2.97. The minimum atomic E-state index is -0.366. The van der Waals surface area contributed by atoms with Crippen molar-refractivity contribution in [3.63, 3.8) is 0 Å². The first-order chi connectivity index (χ1) is 19.4. The van der Waals surface area contributed by atoms with E-state index in [9.17, 15) is 4.79 Å². The van der Waals surface area contributed by atoms with E-state index < -0.39 is 0 Å². The zero-order valence-corrected chi connectivity index (χ0v) is 22.5. The second kappa shape index (κ2) is 11.3. The molecule has 4 aromatic rings. The Kier molecular flexibility index (Phi) is 7.46. The second-order valence-electron chi connectivity index (χ2n) is 9.44. The van der Waals surface area contributed by atoms with Crippen molar-refractivity contribution in [3.8, 4) is 11.5 Å². The van der Waals surface area contributed by atoms with Gasteiger partial charge in [0.05, 0.1) is 20.4 Å². The molecule has 0 bridgehead atoms. The summed E-state index contributed by atoms with van der Waals surface area (Å²) >= 11 is 0. The Bertz CT molecular complexity index is 1610. The fraction of sp³-hybridized carbons (Fsp3) is 0.161. The number of anilines is 2. The Balaban J connectivity index is 1.49. The van der Waals surface area contributed by atoms with Crippen molar-refractivity contribution in [2.24, 2.45) is 5.10 Å². The highest BCUT2D eigenvalue weighted by molar-refractivity contribution is 5.95. The van der Waals surface area contributed by atoms with Crippen molar-refractivity contribution in [1.29, 1.82) is 0 Å². The maximum atomic E-state index is 13.6. The van der Waals surface area contributed by atoms with Gasteiger partial charge >= 0.3 is 0 Å². The van der Waals surface area contributed by atoms with Crippen molar-refractivity contribution < 1.29 is 14.3 Å². The molecule has 0 unspecified atom stereocenters. The van der Waals surface area contributed by atoms with Gasteiger partial charge in [0.15, 0.2) is 11.5 Å². The summed E-state index contributed by atoms with van der Waals surface area (Å²) in [6, 6.07) is 19.5. The molecule has 1 aliphatic heterocycles. The minimum absolute atomic E-state index is 0.114.